The highest BCUT2D eigenvalue weighted by atomic mass is 16.3. The largest absolute Gasteiger partial charge is 0.467 e. The lowest BCUT2D eigenvalue weighted by atomic mass is 10.2. The molecule has 0 aliphatic heterocycles. The van der Waals surface area contributed by atoms with E-state index in [1.165, 1.54) is 6.26 Å². The van der Waals surface area contributed by atoms with E-state index >= 15 is 0 Å². The van der Waals surface area contributed by atoms with Gasteiger partial charge in [-0.2, -0.15) is 5.10 Å². The lowest BCUT2D eigenvalue weighted by Gasteiger charge is -2.15. The van der Waals surface area contributed by atoms with E-state index in [9.17, 15) is 4.79 Å². The zero-order valence-corrected chi connectivity index (χ0v) is 10.6. The Labute approximate surface area is 115 Å². The molecule has 3 heterocycles. The average molecular weight is 271 g/mol. The molecule has 0 radical (unpaired) electrons. The first-order valence-electron chi connectivity index (χ1n) is 6.19. The summed E-state index contributed by atoms with van der Waals surface area (Å²) in [5, 5.41) is 7.00. The number of carbonyl (C=O) groups excluding carboxylic acids is 1. The van der Waals surface area contributed by atoms with Crippen LogP contribution in [-0.2, 0) is 0 Å². The SMILES string of the molecule is O=C(NC[C@@H](c1ccco1)n1cccn1)c1ccco1. The van der Waals surface area contributed by atoms with Gasteiger partial charge in [-0.05, 0) is 30.3 Å². The highest BCUT2D eigenvalue weighted by Crippen LogP contribution is 2.17. The van der Waals surface area contributed by atoms with Crippen molar-refractivity contribution >= 4 is 5.91 Å². The molecule has 3 aromatic rings. The number of hydrogen-bond donors (Lipinski definition) is 1. The van der Waals surface area contributed by atoms with Crippen LogP contribution in [0.3, 0.4) is 0 Å². The molecule has 0 aliphatic carbocycles. The molecule has 0 aliphatic rings. The van der Waals surface area contributed by atoms with Gasteiger partial charge in [0.1, 0.15) is 11.8 Å². The predicted octanol–water partition coefficient (Wildman–Crippen LogP) is 2.09. The van der Waals surface area contributed by atoms with E-state index in [0.29, 0.717) is 6.54 Å². The molecule has 3 rings (SSSR count). The number of nitrogens with zero attached hydrogens (tertiary/aromatic N) is 2. The van der Waals surface area contributed by atoms with Crippen molar-refractivity contribution in [2.24, 2.45) is 0 Å². The van der Waals surface area contributed by atoms with Gasteiger partial charge in [0.25, 0.3) is 5.91 Å². The number of rotatable bonds is 5. The molecular formula is C14H13N3O3. The van der Waals surface area contributed by atoms with Crippen LogP contribution >= 0.6 is 0 Å². The summed E-state index contributed by atoms with van der Waals surface area (Å²) in [6.45, 7) is 0.356. The average Bonchev–Trinajstić information content (AvgIpc) is 3.22. The van der Waals surface area contributed by atoms with Gasteiger partial charge >= 0.3 is 0 Å². The topological polar surface area (TPSA) is 73.2 Å². The van der Waals surface area contributed by atoms with Gasteiger partial charge in [-0.15, -0.1) is 0 Å². The van der Waals surface area contributed by atoms with Gasteiger partial charge in [0.05, 0.1) is 12.5 Å². The van der Waals surface area contributed by atoms with Gasteiger partial charge in [-0.25, -0.2) is 0 Å². The molecule has 0 aromatic carbocycles. The fourth-order valence-corrected chi connectivity index (χ4v) is 1.95. The van der Waals surface area contributed by atoms with Gasteiger partial charge in [0.15, 0.2) is 5.76 Å². The van der Waals surface area contributed by atoms with Crippen LogP contribution in [0.2, 0.25) is 0 Å². The zero-order valence-electron chi connectivity index (χ0n) is 10.6. The maximum atomic E-state index is 11.9. The Morgan fingerprint density at radius 2 is 2.10 bits per heavy atom. The number of amides is 1. The molecule has 0 spiro atoms. The van der Waals surface area contributed by atoms with E-state index in [-0.39, 0.29) is 17.7 Å². The summed E-state index contributed by atoms with van der Waals surface area (Å²) in [6.07, 6.45) is 6.57. The highest BCUT2D eigenvalue weighted by molar-refractivity contribution is 5.91. The summed E-state index contributed by atoms with van der Waals surface area (Å²) in [4.78, 5) is 11.9. The minimum Gasteiger partial charge on any atom is -0.467 e. The van der Waals surface area contributed by atoms with E-state index in [0.717, 1.165) is 5.76 Å². The van der Waals surface area contributed by atoms with Gasteiger partial charge in [-0.1, -0.05) is 0 Å². The second-order valence-corrected chi connectivity index (χ2v) is 4.20. The molecule has 0 unspecified atom stereocenters. The fraction of sp³-hybridized carbons (Fsp3) is 0.143. The molecule has 1 amide bonds. The van der Waals surface area contributed by atoms with Crippen molar-refractivity contribution in [3.8, 4) is 0 Å². The Kier molecular flexibility index (Phi) is 3.36. The van der Waals surface area contributed by atoms with Crippen LogP contribution in [-0.4, -0.2) is 22.2 Å². The maximum absolute atomic E-state index is 11.9. The Morgan fingerprint density at radius 1 is 1.25 bits per heavy atom. The summed E-state index contributed by atoms with van der Waals surface area (Å²) < 4.78 is 12.2. The first-order valence-corrected chi connectivity index (χ1v) is 6.19. The molecule has 0 fully saturated rings. The first-order chi connectivity index (χ1) is 9.84. The quantitative estimate of drug-likeness (QED) is 0.771. The molecule has 6 heteroatoms. The van der Waals surface area contributed by atoms with Crippen molar-refractivity contribution in [3.05, 3.63) is 66.8 Å². The number of carbonyl (C=O) groups is 1. The molecule has 3 aromatic heterocycles. The number of aromatic nitrogens is 2. The Hall–Kier alpha value is -2.76. The van der Waals surface area contributed by atoms with Crippen LogP contribution in [0.1, 0.15) is 22.4 Å². The maximum Gasteiger partial charge on any atom is 0.287 e. The predicted molar refractivity (Wildman–Crippen MR) is 70.1 cm³/mol. The normalized spacial score (nSPS) is 12.2. The lowest BCUT2D eigenvalue weighted by Crippen LogP contribution is -2.31. The molecule has 0 saturated heterocycles. The van der Waals surface area contributed by atoms with Crippen LogP contribution < -0.4 is 5.32 Å². The molecule has 1 N–H and O–H groups in total. The van der Waals surface area contributed by atoms with Crippen molar-refractivity contribution in [2.75, 3.05) is 6.54 Å². The second kappa shape index (κ2) is 5.48. The second-order valence-electron chi connectivity index (χ2n) is 4.20. The Balaban J connectivity index is 1.73. The number of nitrogens with one attached hydrogen (secondary N) is 1. The van der Waals surface area contributed by atoms with Crippen molar-refractivity contribution in [2.45, 2.75) is 6.04 Å². The Morgan fingerprint density at radius 3 is 2.75 bits per heavy atom. The highest BCUT2D eigenvalue weighted by Gasteiger charge is 2.19. The number of furan rings is 2. The van der Waals surface area contributed by atoms with E-state index in [1.54, 1.807) is 35.3 Å². The summed E-state index contributed by atoms with van der Waals surface area (Å²) >= 11 is 0. The first kappa shape index (κ1) is 12.3. The van der Waals surface area contributed by atoms with Crippen LogP contribution in [0.15, 0.2) is 64.1 Å². The van der Waals surface area contributed by atoms with Gasteiger partial charge < -0.3 is 14.2 Å². The van der Waals surface area contributed by atoms with Crippen LogP contribution in [0.4, 0.5) is 0 Å². The molecular weight excluding hydrogens is 258 g/mol. The standard InChI is InChI=1S/C14H13N3O3/c18-14(13-5-2-9-20-13)15-10-11(12-4-1-8-19-12)17-7-3-6-16-17/h1-9,11H,10H2,(H,15,18)/t11-/m0/s1. The van der Waals surface area contributed by atoms with E-state index < -0.39 is 0 Å². The van der Waals surface area contributed by atoms with Crippen LogP contribution in [0, 0.1) is 0 Å². The molecule has 0 bridgehead atoms. The number of hydrogen-bond acceptors (Lipinski definition) is 4. The Bertz CT molecular complexity index is 608. The van der Waals surface area contributed by atoms with Crippen LogP contribution in [0.5, 0.6) is 0 Å². The zero-order chi connectivity index (χ0) is 13.8. The third-order valence-electron chi connectivity index (χ3n) is 2.92. The van der Waals surface area contributed by atoms with Crippen molar-refractivity contribution in [3.63, 3.8) is 0 Å². The summed E-state index contributed by atoms with van der Waals surface area (Å²) in [5.41, 5.74) is 0. The minimum absolute atomic E-state index is 0.195. The smallest absolute Gasteiger partial charge is 0.287 e. The minimum atomic E-state index is -0.265. The monoisotopic (exact) mass is 271 g/mol. The van der Waals surface area contributed by atoms with E-state index in [4.69, 9.17) is 8.83 Å². The van der Waals surface area contributed by atoms with Crippen molar-refractivity contribution in [1.29, 1.82) is 0 Å². The van der Waals surface area contributed by atoms with Gasteiger partial charge in [0.2, 0.25) is 0 Å². The summed E-state index contributed by atoms with van der Waals surface area (Å²) in [6, 6.07) is 8.58. The lowest BCUT2D eigenvalue weighted by molar-refractivity contribution is 0.0920. The van der Waals surface area contributed by atoms with Gasteiger partial charge in [-0.3, -0.25) is 9.48 Å². The van der Waals surface area contributed by atoms with E-state index in [2.05, 4.69) is 10.4 Å². The third kappa shape index (κ3) is 2.49. The van der Waals surface area contributed by atoms with Crippen LogP contribution in [0.25, 0.3) is 0 Å². The third-order valence-corrected chi connectivity index (χ3v) is 2.92. The molecule has 0 saturated carbocycles. The molecule has 102 valence electrons. The molecule has 20 heavy (non-hydrogen) atoms. The van der Waals surface area contributed by atoms with Gasteiger partial charge in [0, 0.05) is 18.9 Å². The molecule has 6 nitrogen and oxygen atoms in total. The summed E-state index contributed by atoms with van der Waals surface area (Å²) in [5.74, 6) is 0.746. The van der Waals surface area contributed by atoms with E-state index in [1.807, 2.05) is 18.3 Å². The van der Waals surface area contributed by atoms with Crippen molar-refractivity contribution < 1.29 is 13.6 Å². The van der Waals surface area contributed by atoms with Crippen molar-refractivity contribution in [1.82, 2.24) is 15.1 Å². The molecule has 1 atom stereocenters. The fourth-order valence-electron chi connectivity index (χ4n) is 1.95. The summed E-state index contributed by atoms with van der Waals surface area (Å²) in [7, 11) is 0.